The number of ether oxygens (including phenoxy) is 2. The number of anilines is 1. The third-order valence-corrected chi connectivity index (χ3v) is 5.05. The van der Waals surface area contributed by atoms with Gasteiger partial charge in [0, 0.05) is 50.3 Å². The highest BCUT2D eigenvalue weighted by Crippen LogP contribution is 2.27. The van der Waals surface area contributed by atoms with Crippen LogP contribution in [0.25, 0.3) is 10.9 Å². The number of carboxylic acids is 1. The summed E-state index contributed by atoms with van der Waals surface area (Å²) in [5.41, 5.74) is 5.91. The Bertz CT molecular complexity index is 1270. The van der Waals surface area contributed by atoms with E-state index in [2.05, 4.69) is 25.7 Å². The van der Waals surface area contributed by atoms with Crippen molar-refractivity contribution in [3.8, 4) is 11.5 Å². The minimum absolute atomic E-state index is 0. The molecule has 40 heavy (non-hydrogen) atoms. The average Bonchev–Trinajstić information content (AvgIpc) is 3.33. The standard InChI is InChI=1S/C20H21N5O5.C6H13NO2.ClH/c1-21-20(29)25-10-7-13-11-14(4-5-16(13)25)30-15-6-9-22-17(12-15)24-19(28)23-8-2-3-18(26)27;1-2-9-6(8)4-3-5-7;/h4-7,9-12H,2-3,8H2,1H3,(H,21,29)(H,26,27)(H2,22,23,24,28);2-5,7H2,1H3;1H. The predicted octanol–water partition coefficient (Wildman–Crippen LogP) is 3.71. The summed E-state index contributed by atoms with van der Waals surface area (Å²) in [7, 11) is 1.57. The van der Waals surface area contributed by atoms with E-state index in [1.807, 2.05) is 6.07 Å². The number of aliphatic carboxylic acids is 1. The lowest BCUT2D eigenvalue weighted by Crippen LogP contribution is -2.30. The molecule has 218 valence electrons. The second-order valence-electron chi connectivity index (χ2n) is 8.02. The molecule has 3 rings (SSSR count). The van der Waals surface area contributed by atoms with Crippen LogP contribution in [0, 0.1) is 0 Å². The van der Waals surface area contributed by atoms with E-state index in [-0.39, 0.29) is 43.2 Å². The molecule has 0 saturated heterocycles. The topological polar surface area (TPSA) is 187 Å². The Morgan fingerprint density at radius 2 is 1.80 bits per heavy atom. The van der Waals surface area contributed by atoms with Crippen molar-refractivity contribution in [3.05, 3.63) is 48.8 Å². The summed E-state index contributed by atoms with van der Waals surface area (Å²) < 4.78 is 12.0. The molecule has 6 N–H and O–H groups in total. The predicted molar refractivity (Wildman–Crippen MR) is 152 cm³/mol. The number of urea groups is 1. The molecule has 0 aliphatic rings. The number of esters is 1. The summed E-state index contributed by atoms with van der Waals surface area (Å²) in [6.07, 6.45) is 4.66. The molecule has 0 aliphatic heterocycles. The number of hydrogen-bond acceptors (Lipinski definition) is 8. The van der Waals surface area contributed by atoms with Crippen LogP contribution >= 0.6 is 12.4 Å². The van der Waals surface area contributed by atoms with Crippen molar-refractivity contribution in [3.63, 3.8) is 0 Å². The SMILES string of the molecule is CCOC(=O)CCCN.CNC(=O)n1ccc2cc(Oc3ccnc(NC(=O)NCCCC(=O)O)c3)ccc21.Cl. The zero-order chi connectivity index (χ0) is 28.6. The Morgan fingerprint density at radius 3 is 2.48 bits per heavy atom. The first-order valence-electron chi connectivity index (χ1n) is 12.4. The molecule has 0 saturated carbocycles. The van der Waals surface area contributed by atoms with Gasteiger partial charge in [0.05, 0.1) is 12.1 Å². The van der Waals surface area contributed by atoms with Gasteiger partial charge in [0.25, 0.3) is 0 Å². The van der Waals surface area contributed by atoms with Gasteiger partial charge in [-0.15, -0.1) is 12.4 Å². The highest BCUT2D eigenvalue weighted by molar-refractivity contribution is 5.92. The van der Waals surface area contributed by atoms with Crippen LogP contribution in [-0.2, 0) is 14.3 Å². The van der Waals surface area contributed by atoms with Crippen molar-refractivity contribution in [1.82, 2.24) is 20.2 Å². The summed E-state index contributed by atoms with van der Waals surface area (Å²) in [6, 6.07) is 9.64. The molecule has 3 amide bonds. The van der Waals surface area contributed by atoms with Crippen molar-refractivity contribution in [2.24, 2.45) is 5.73 Å². The molecule has 0 radical (unpaired) electrons. The van der Waals surface area contributed by atoms with Gasteiger partial charge in [-0.2, -0.15) is 0 Å². The lowest BCUT2D eigenvalue weighted by atomic mass is 10.2. The van der Waals surface area contributed by atoms with Crippen molar-refractivity contribution in [1.29, 1.82) is 0 Å². The Morgan fingerprint density at radius 1 is 1.05 bits per heavy atom. The first-order chi connectivity index (χ1) is 18.8. The number of pyridine rings is 1. The van der Waals surface area contributed by atoms with E-state index >= 15 is 0 Å². The number of rotatable bonds is 11. The van der Waals surface area contributed by atoms with Gasteiger partial charge >= 0.3 is 24.0 Å². The van der Waals surface area contributed by atoms with Gasteiger partial charge < -0.3 is 30.9 Å². The fourth-order valence-electron chi connectivity index (χ4n) is 3.24. The van der Waals surface area contributed by atoms with Gasteiger partial charge in [0.15, 0.2) is 0 Å². The zero-order valence-corrected chi connectivity index (χ0v) is 23.2. The maximum absolute atomic E-state index is 11.9. The van der Waals surface area contributed by atoms with Crippen LogP contribution in [0.1, 0.15) is 32.6 Å². The second-order valence-corrected chi connectivity index (χ2v) is 8.02. The van der Waals surface area contributed by atoms with E-state index < -0.39 is 12.0 Å². The van der Waals surface area contributed by atoms with Crippen molar-refractivity contribution >= 4 is 53.1 Å². The molecular formula is C26H35ClN6O7. The molecule has 14 heteroatoms. The fraction of sp³-hybridized carbons (Fsp3) is 0.346. The number of hydrogen-bond donors (Lipinski definition) is 5. The lowest BCUT2D eigenvalue weighted by molar-refractivity contribution is -0.143. The molecule has 13 nitrogen and oxygen atoms in total. The summed E-state index contributed by atoms with van der Waals surface area (Å²) in [4.78, 5) is 48.8. The first-order valence-corrected chi connectivity index (χ1v) is 12.4. The highest BCUT2D eigenvalue weighted by Gasteiger charge is 2.09. The van der Waals surface area contributed by atoms with Gasteiger partial charge in [-0.05, 0) is 56.6 Å². The van der Waals surface area contributed by atoms with Gasteiger partial charge in [0.1, 0.15) is 17.3 Å². The monoisotopic (exact) mass is 578 g/mol. The number of nitrogens with one attached hydrogen (secondary N) is 3. The maximum Gasteiger partial charge on any atom is 0.325 e. The summed E-state index contributed by atoms with van der Waals surface area (Å²) >= 11 is 0. The first kappa shape index (κ1) is 33.7. The van der Waals surface area contributed by atoms with Crippen LogP contribution < -0.4 is 26.4 Å². The van der Waals surface area contributed by atoms with Gasteiger partial charge in [-0.1, -0.05) is 0 Å². The molecule has 0 unspecified atom stereocenters. The third kappa shape index (κ3) is 11.6. The molecule has 1 aromatic carbocycles. The molecule has 0 spiro atoms. The number of aromatic nitrogens is 2. The zero-order valence-electron chi connectivity index (χ0n) is 22.3. The molecule has 0 bridgehead atoms. The Balaban J connectivity index is 0.000000692. The largest absolute Gasteiger partial charge is 0.481 e. The van der Waals surface area contributed by atoms with Gasteiger partial charge in [-0.25, -0.2) is 14.6 Å². The average molecular weight is 579 g/mol. The van der Waals surface area contributed by atoms with Gasteiger partial charge in [0.2, 0.25) is 0 Å². The van der Waals surface area contributed by atoms with Crippen LogP contribution in [0.3, 0.4) is 0 Å². The number of amides is 3. The summed E-state index contributed by atoms with van der Waals surface area (Å²) in [5, 5.41) is 17.1. The van der Waals surface area contributed by atoms with E-state index in [1.165, 1.54) is 10.8 Å². The van der Waals surface area contributed by atoms with Crippen LogP contribution in [0.2, 0.25) is 0 Å². The Labute approximate surface area is 237 Å². The van der Waals surface area contributed by atoms with Crippen LogP contribution in [-0.4, -0.2) is 65.4 Å². The lowest BCUT2D eigenvalue weighted by Gasteiger charge is -2.09. The second kappa shape index (κ2) is 18.0. The number of carbonyl (C=O) groups excluding carboxylic acids is 3. The van der Waals surface area contributed by atoms with Crippen molar-refractivity contribution in [2.75, 3.05) is 32.1 Å². The molecule has 0 atom stereocenters. The molecule has 0 fully saturated rings. The molecule has 3 aromatic rings. The fourth-order valence-corrected chi connectivity index (χ4v) is 3.24. The van der Waals surface area contributed by atoms with Crippen molar-refractivity contribution in [2.45, 2.75) is 32.6 Å². The molecular weight excluding hydrogens is 544 g/mol. The van der Waals surface area contributed by atoms with E-state index in [0.29, 0.717) is 37.5 Å². The number of carbonyl (C=O) groups is 4. The van der Waals surface area contributed by atoms with Crippen LogP contribution in [0.5, 0.6) is 11.5 Å². The highest BCUT2D eigenvalue weighted by atomic mass is 35.5. The normalized spacial score (nSPS) is 9.88. The Hall–Kier alpha value is -4.36. The summed E-state index contributed by atoms with van der Waals surface area (Å²) in [5.74, 6) is 0.258. The van der Waals surface area contributed by atoms with E-state index in [1.54, 1.807) is 50.5 Å². The van der Waals surface area contributed by atoms with E-state index in [4.69, 9.17) is 15.6 Å². The third-order valence-electron chi connectivity index (χ3n) is 5.05. The number of nitrogens with two attached hydrogens (primary N) is 1. The molecule has 0 aliphatic carbocycles. The van der Waals surface area contributed by atoms with Crippen LogP contribution in [0.4, 0.5) is 15.4 Å². The van der Waals surface area contributed by atoms with Gasteiger partial charge in [-0.3, -0.25) is 19.5 Å². The number of halogens is 1. The smallest absolute Gasteiger partial charge is 0.325 e. The maximum atomic E-state index is 11.9. The number of carboxylic acid groups (broad SMARTS) is 1. The minimum atomic E-state index is -0.910. The Kier molecular flexibility index (Phi) is 15.2. The number of benzene rings is 1. The number of nitrogens with zero attached hydrogens (tertiary/aromatic N) is 2. The van der Waals surface area contributed by atoms with E-state index in [9.17, 15) is 19.2 Å². The van der Waals surface area contributed by atoms with Crippen LogP contribution in [0.15, 0.2) is 48.8 Å². The van der Waals surface area contributed by atoms with Crippen molar-refractivity contribution < 1.29 is 33.8 Å². The summed E-state index contributed by atoms with van der Waals surface area (Å²) in [6.45, 7) is 3.05. The molecule has 2 aromatic heterocycles. The molecule has 2 heterocycles. The van der Waals surface area contributed by atoms with E-state index in [0.717, 1.165) is 17.3 Å². The number of fused-ring (bicyclic) bond motifs is 1. The quantitative estimate of drug-likeness (QED) is 0.167. The minimum Gasteiger partial charge on any atom is -0.481 e.